The van der Waals surface area contributed by atoms with Gasteiger partial charge in [0.1, 0.15) is 0 Å². The Morgan fingerprint density at radius 3 is 1.75 bits per heavy atom. The van der Waals surface area contributed by atoms with Crippen molar-refractivity contribution in [2.75, 3.05) is 0 Å². The van der Waals surface area contributed by atoms with Gasteiger partial charge in [0.15, 0.2) is 0 Å². The Hall–Kier alpha value is -2.34. The van der Waals surface area contributed by atoms with Gasteiger partial charge in [-0.25, -0.2) is 0 Å². The molecule has 0 bridgehead atoms. The standard InChI is InChI=1S/C24H26.H2/c1-4-20-16-11-17-23(18(2)21-12-7-5-8-13-21)24(20)19(3)22-14-9-6-10-15-22;/h5-19H,4H2,1-3H3;1H. The number of hydrogen-bond acceptors (Lipinski definition) is 0. The quantitative estimate of drug-likeness (QED) is 0.485. The lowest BCUT2D eigenvalue weighted by molar-refractivity contribution is 0.825. The summed E-state index contributed by atoms with van der Waals surface area (Å²) in [5.41, 5.74) is 7.19. The summed E-state index contributed by atoms with van der Waals surface area (Å²) in [4.78, 5) is 0. The predicted molar refractivity (Wildman–Crippen MR) is 106 cm³/mol. The molecule has 0 heterocycles. The van der Waals surface area contributed by atoms with Crippen LogP contribution >= 0.6 is 0 Å². The highest BCUT2D eigenvalue weighted by atomic mass is 14.2. The lowest BCUT2D eigenvalue weighted by Gasteiger charge is -2.24. The molecule has 0 fully saturated rings. The summed E-state index contributed by atoms with van der Waals surface area (Å²) in [7, 11) is 0. The number of rotatable bonds is 5. The lowest BCUT2D eigenvalue weighted by Crippen LogP contribution is -2.08. The van der Waals surface area contributed by atoms with Gasteiger partial charge in [0, 0.05) is 13.3 Å². The van der Waals surface area contributed by atoms with Gasteiger partial charge in [0.25, 0.3) is 0 Å². The summed E-state index contributed by atoms with van der Waals surface area (Å²) >= 11 is 0. The van der Waals surface area contributed by atoms with Crippen molar-refractivity contribution >= 4 is 0 Å². The molecule has 0 spiro atoms. The molecule has 24 heavy (non-hydrogen) atoms. The summed E-state index contributed by atoms with van der Waals surface area (Å²) < 4.78 is 0. The first-order valence-corrected chi connectivity index (χ1v) is 8.94. The van der Waals surface area contributed by atoms with Crippen LogP contribution in [0.2, 0.25) is 0 Å². The molecule has 0 saturated carbocycles. The molecule has 0 aliphatic rings. The maximum absolute atomic E-state index is 2.34. The van der Waals surface area contributed by atoms with Gasteiger partial charge in [-0.15, -0.1) is 0 Å². The monoisotopic (exact) mass is 316 g/mol. The van der Waals surface area contributed by atoms with E-state index in [4.69, 9.17) is 0 Å². The molecule has 0 heteroatoms. The van der Waals surface area contributed by atoms with E-state index in [0.29, 0.717) is 11.8 Å². The second kappa shape index (κ2) is 7.49. The molecule has 0 aliphatic carbocycles. The van der Waals surface area contributed by atoms with E-state index < -0.39 is 0 Å². The van der Waals surface area contributed by atoms with E-state index >= 15 is 0 Å². The second-order valence-electron chi connectivity index (χ2n) is 6.54. The molecule has 0 nitrogen and oxygen atoms in total. The van der Waals surface area contributed by atoms with Crippen molar-refractivity contribution < 1.29 is 1.43 Å². The lowest BCUT2D eigenvalue weighted by atomic mass is 9.80. The van der Waals surface area contributed by atoms with Crippen molar-refractivity contribution in [1.82, 2.24) is 0 Å². The van der Waals surface area contributed by atoms with E-state index in [1.165, 1.54) is 27.8 Å². The average molecular weight is 316 g/mol. The van der Waals surface area contributed by atoms with Crippen LogP contribution in [0.15, 0.2) is 78.9 Å². The van der Waals surface area contributed by atoms with Gasteiger partial charge >= 0.3 is 0 Å². The molecule has 0 aromatic heterocycles. The summed E-state index contributed by atoms with van der Waals surface area (Å²) in [5.74, 6) is 0.808. The highest BCUT2D eigenvalue weighted by molar-refractivity contribution is 5.47. The maximum atomic E-state index is 2.34. The SMILES string of the molecule is CCc1cccc(C(C)c2ccccc2)c1C(C)c1ccccc1.[HH]. The fraction of sp³-hybridized carbons (Fsp3) is 0.250. The van der Waals surface area contributed by atoms with Crippen LogP contribution in [0.3, 0.4) is 0 Å². The highest BCUT2D eigenvalue weighted by Crippen LogP contribution is 2.36. The molecule has 0 N–H and O–H groups in total. The summed E-state index contributed by atoms with van der Waals surface area (Å²) in [6, 6.07) is 28.5. The molecule has 0 radical (unpaired) electrons. The Morgan fingerprint density at radius 1 is 0.667 bits per heavy atom. The minimum absolute atomic E-state index is 0. The molecule has 3 aromatic carbocycles. The zero-order chi connectivity index (χ0) is 16.9. The van der Waals surface area contributed by atoms with Crippen molar-refractivity contribution in [2.45, 2.75) is 39.0 Å². The van der Waals surface area contributed by atoms with E-state index in [2.05, 4.69) is 99.6 Å². The molecule has 0 saturated heterocycles. The molecule has 0 aliphatic heterocycles. The zero-order valence-corrected chi connectivity index (χ0v) is 14.9. The first-order valence-electron chi connectivity index (χ1n) is 8.94. The van der Waals surface area contributed by atoms with Crippen LogP contribution in [-0.2, 0) is 6.42 Å². The topological polar surface area (TPSA) is 0 Å². The van der Waals surface area contributed by atoms with Gasteiger partial charge in [0.2, 0.25) is 0 Å². The first-order chi connectivity index (χ1) is 11.7. The molecule has 3 rings (SSSR count). The fourth-order valence-electron chi connectivity index (χ4n) is 3.68. The van der Waals surface area contributed by atoms with E-state index in [1.807, 2.05) is 0 Å². The summed E-state index contributed by atoms with van der Waals surface area (Å²) in [5, 5.41) is 0. The van der Waals surface area contributed by atoms with Gasteiger partial charge in [-0.2, -0.15) is 0 Å². The van der Waals surface area contributed by atoms with Gasteiger partial charge in [0.05, 0.1) is 0 Å². The number of aryl methyl sites for hydroxylation is 1. The Balaban J connectivity index is 0.00000225. The smallest absolute Gasteiger partial charge is 0.00666 e. The van der Waals surface area contributed by atoms with Gasteiger partial charge in [-0.05, 0) is 34.2 Å². The third kappa shape index (κ3) is 3.28. The van der Waals surface area contributed by atoms with Gasteiger partial charge in [-0.3, -0.25) is 0 Å². The van der Waals surface area contributed by atoms with Crippen molar-refractivity contribution in [2.24, 2.45) is 0 Å². The average Bonchev–Trinajstić information content (AvgIpc) is 2.67. The normalized spacial score (nSPS) is 13.5. The summed E-state index contributed by atoms with van der Waals surface area (Å²) in [6.45, 7) is 6.92. The van der Waals surface area contributed by atoms with E-state index in [9.17, 15) is 0 Å². The minimum Gasteiger partial charge on any atom is -0.0622 e. The maximum Gasteiger partial charge on any atom is 0.00666 e. The predicted octanol–water partition coefficient (Wildman–Crippen LogP) is 6.80. The van der Waals surface area contributed by atoms with Crippen LogP contribution in [0.25, 0.3) is 0 Å². The van der Waals surface area contributed by atoms with Crippen molar-refractivity contribution in [3.05, 3.63) is 107 Å². The first kappa shape index (κ1) is 16.5. The van der Waals surface area contributed by atoms with E-state index in [0.717, 1.165) is 6.42 Å². The van der Waals surface area contributed by atoms with Crippen LogP contribution in [-0.4, -0.2) is 0 Å². The third-order valence-electron chi connectivity index (χ3n) is 5.11. The Morgan fingerprint density at radius 2 is 1.21 bits per heavy atom. The molecule has 2 atom stereocenters. The second-order valence-corrected chi connectivity index (χ2v) is 6.54. The largest absolute Gasteiger partial charge is 0.0622 e. The Bertz CT molecular complexity index is 778. The minimum atomic E-state index is 0. The van der Waals surface area contributed by atoms with Crippen LogP contribution in [0.1, 0.15) is 61.9 Å². The Kier molecular flexibility index (Phi) is 5.15. The third-order valence-corrected chi connectivity index (χ3v) is 5.11. The van der Waals surface area contributed by atoms with Crippen LogP contribution < -0.4 is 0 Å². The molecular formula is C24H28. The number of hydrogen-bond donors (Lipinski definition) is 0. The number of benzene rings is 3. The van der Waals surface area contributed by atoms with Crippen LogP contribution in [0, 0.1) is 0 Å². The van der Waals surface area contributed by atoms with Crippen molar-refractivity contribution in [1.29, 1.82) is 0 Å². The van der Waals surface area contributed by atoms with E-state index in [-0.39, 0.29) is 1.43 Å². The fourth-order valence-corrected chi connectivity index (χ4v) is 3.68. The molecule has 2 unspecified atom stereocenters. The molecule has 3 aromatic rings. The summed E-state index contributed by atoms with van der Waals surface area (Å²) in [6.07, 6.45) is 1.07. The van der Waals surface area contributed by atoms with Crippen molar-refractivity contribution in [3.8, 4) is 0 Å². The molecular weight excluding hydrogens is 288 g/mol. The Labute approximate surface area is 147 Å². The zero-order valence-electron chi connectivity index (χ0n) is 14.9. The van der Waals surface area contributed by atoms with Crippen molar-refractivity contribution in [3.63, 3.8) is 0 Å². The van der Waals surface area contributed by atoms with Crippen LogP contribution in [0.4, 0.5) is 0 Å². The molecule has 124 valence electrons. The molecule has 0 amide bonds. The van der Waals surface area contributed by atoms with Gasteiger partial charge < -0.3 is 0 Å². The van der Waals surface area contributed by atoms with Crippen LogP contribution in [0.5, 0.6) is 0 Å². The highest BCUT2D eigenvalue weighted by Gasteiger charge is 2.20. The van der Waals surface area contributed by atoms with E-state index in [1.54, 1.807) is 0 Å². The van der Waals surface area contributed by atoms with Gasteiger partial charge in [-0.1, -0.05) is 99.6 Å².